The number of ether oxygens (including phenoxy) is 1. The van der Waals surface area contributed by atoms with Gasteiger partial charge in [-0.2, -0.15) is 0 Å². The summed E-state index contributed by atoms with van der Waals surface area (Å²) in [5.41, 5.74) is 1.49. The summed E-state index contributed by atoms with van der Waals surface area (Å²) in [5, 5.41) is 6.91. The molecular weight excluding hydrogens is 354 g/mol. The zero-order valence-electron chi connectivity index (χ0n) is 14.2. The fourth-order valence-electron chi connectivity index (χ4n) is 2.99. The van der Waals surface area contributed by atoms with Crippen molar-refractivity contribution >= 4 is 21.9 Å². The highest BCUT2D eigenvalue weighted by Gasteiger charge is 2.34. The van der Waals surface area contributed by atoms with E-state index in [0.717, 1.165) is 56.0 Å². The van der Waals surface area contributed by atoms with Crippen LogP contribution in [0.3, 0.4) is 0 Å². The van der Waals surface area contributed by atoms with Crippen LogP contribution in [0.1, 0.15) is 38.2 Å². The van der Waals surface area contributed by atoms with Gasteiger partial charge in [-0.3, -0.25) is 4.99 Å². The molecule has 0 spiro atoms. The maximum atomic E-state index is 5.60. The van der Waals surface area contributed by atoms with Crippen LogP contribution in [0.5, 0.6) is 0 Å². The fourth-order valence-corrected chi connectivity index (χ4v) is 3.25. The van der Waals surface area contributed by atoms with Crippen LogP contribution in [0.25, 0.3) is 0 Å². The molecule has 0 aliphatic carbocycles. The molecule has 23 heavy (non-hydrogen) atoms. The van der Waals surface area contributed by atoms with Crippen molar-refractivity contribution in [2.24, 2.45) is 4.99 Å². The Hall–Kier alpha value is -1.07. The Balaban J connectivity index is 2.05. The van der Waals surface area contributed by atoms with Gasteiger partial charge >= 0.3 is 0 Å². The van der Waals surface area contributed by atoms with Crippen molar-refractivity contribution in [3.05, 3.63) is 34.3 Å². The zero-order valence-corrected chi connectivity index (χ0v) is 15.8. The van der Waals surface area contributed by atoms with Crippen LogP contribution in [-0.4, -0.2) is 39.3 Å². The van der Waals surface area contributed by atoms with E-state index in [1.807, 2.05) is 7.05 Å². The summed E-state index contributed by atoms with van der Waals surface area (Å²) < 4.78 is 6.72. The Morgan fingerprint density at radius 1 is 1.22 bits per heavy atom. The van der Waals surface area contributed by atoms with E-state index < -0.39 is 0 Å². The highest BCUT2D eigenvalue weighted by molar-refractivity contribution is 9.10. The van der Waals surface area contributed by atoms with E-state index in [0.29, 0.717) is 0 Å². The van der Waals surface area contributed by atoms with Gasteiger partial charge in [0, 0.05) is 43.2 Å². The summed E-state index contributed by atoms with van der Waals surface area (Å²) in [6.45, 7) is 5.68. The van der Waals surface area contributed by atoms with Crippen molar-refractivity contribution in [3.63, 3.8) is 0 Å². The number of hydrogen-bond acceptors (Lipinski definition) is 2. The first-order valence-corrected chi connectivity index (χ1v) is 9.28. The average Bonchev–Trinajstić information content (AvgIpc) is 2.59. The maximum Gasteiger partial charge on any atom is 0.191 e. The Morgan fingerprint density at radius 2 is 1.91 bits per heavy atom. The molecule has 5 heteroatoms. The molecule has 1 aliphatic heterocycles. The second-order valence-electron chi connectivity index (χ2n) is 6.11. The Kier molecular flexibility index (Phi) is 7.37. The van der Waals surface area contributed by atoms with E-state index >= 15 is 0 Å². The molecule has 0 atom stereocenters. The molecule has 0 saturated carbocycles. The van der Waals surface area contributed by atoms with E-state index in [-0.39, 0.29) is 5.41 Å². The fraction of sp³-hybridized carbons (Fsp3) is 0.611. The van der Waals surface area contributed by atoms with Crippen LogP contribution in [0.2, 0.25) is 0 Å². The second-order valence-corrected chi connectivity index (χ2v) is 7.02. The number of nitrogens with one attached hydrogen (secondary N) is 2. The van der Waals surface area contributed by atoms with Gasteiger partial charge in [0.2, 0.25) is 0 Å². The van der Waals surface area contributed by atoms with Crippen molar-refractivity contribution in [2.75, 3.05) is 33.4 Å². The number of rotatable bonds is 6. The Morgan fingerprint density at radius 3 is 2.52 bits per heavy atom. The summed E-state index contributed by atoms with van der Waals surface area (Å²) in [7, 11) is 1.83. The van der Waals surface area contributed by atoms with Crippen LogP contribution in [0.4, 0.5) is 0 Å². The van der Waals surface area contributed by atoms with Crippen molar-refractivity contribution in [1.29, 1.82) is 0 Å². The van der Waals surface area contributed by atoms with Gasteiger partial charge in [-0.15, -0.1) is 0 Å². The number of nitrogens with zero attached hydrogens (tertiary/aromatic N) is 1. The van der Waals surface area contributed by atoms with E-state index in [1.165, 1.54) is 12.0 Å². The monoisotopic (exact) mass is 381 g/mol. The van der Waals surface area contributed by atoms with Gasteiger partial charge in [-0.05, 0) is 37.0 Å². The lowest BCUT2D eigenvalue weighted by Gasteiger charge is -2.38. The van der Waals surface area contributed by atoms with Gasteiger partial charge in [0.05, 0.1) is 0 Å². The van der Waals surface area contributed by atoms with Gasteiger partial charge in [0.25, 0.3) is 0 Å². The lowest BCUT2D eigenvalue weighted by molar-refractivity contribution is 0.0514. The topological polar surface area (TPSA) is 45.7 Å². The second kappa shape index (κ2) is 9.28. The molecule has 4 nitrogen and oxygen atoms in total. The number of benzene rings is 1. The molecule has 2 rings (SSSR count). The molecule has 1 aromatic rings. The number of guanidine groups is 1. The third-order valence-electron chi connectivity index (χ3n) is 4.55. The first kappa shape index (κ1) is 18.3. The molecule has 0 amide bonds. The van der Waals surface area contributed by atoms with Crippen LogP contribution >= 0.6 is 15.9 Å². The van der Waals surface area contributed by atoms with E-state index in [4.69, 9.17) is 4.74 Å². The minimum absolute atomic E-state index is 0.112. The van der Waals surface area contributed by atoms with Gasteiger partial charge in [0.1, 0.15) is 0 Å². The third kappa shape index (κ3) is 5.21. The molecule has 1 fully saturated rings. The maximum absolute atomic E-state index is 5.60. The van der Waals surface area contributed by atoms with Gasteiger partial charge in [0.15, 0.2) is 5.96 Å². The lowest BCUT2D eigenvalue weighted by Crippen LogP contribution is -2.48. The van der Waals surface area contributed by atoms with Crippen LogP contribution in [0, 0.1) is 0 Å². The van der Waals surface area contributed by atoms with E-state index in [2.05, 4.69) is 62.7 Å². The van der Waals surface area contributed by atoms with Crippen molar-refractivity contribution in [3.8, 4) is 0 Å². The normalized spacial score (nSPS) is 17.8. The predicted molar refractivity (Wildman–Crippen MR) is 100 cm³/mol. The largest absolute Gasteiger partial charge is 0.381 e. The molecule has 1 heterocycles. The minimum atomic E-state index is 0.112. The van der Waals surface area contributed by atoms with E-state index in [1.54, 1.807) is 0 Å². The molecule has 0 aromatic heterocycles. The molecular formula is C18H28BrN3O. The molecule has 1 saturated heterocycles. The molecule has 2 N–H and O–H groups in total. The van der Waals surface area contributed by atoms with Crippen LogP contribution in [0.15, 0.2) is 33.7 Å². The van der Waals surface area contributed by atoms with Gasteiger partial charge in [-0.1, -0.05) is 41.4 Å². The Labute approximate surface area is 148 Å². The first-order valence-electron chi connectivity index (χ1n) is 8.48. The smallest absolute Gasteiger partial charge is 0.191 e. The number of hydrogen-bond donors (Lipinski definition) is 2. The SMILES string of the molecule is CCCCNC(=NC)NCC1(c2ccc(Br)cc2)CCOCC1. The van der Waals surface area contributed by atoms with Crippen molar-refractivity contribution in [2.45, 2.75) is 38.0 Å². The van der Waals surface area contributed by atoms with Crippen LogP contribution < -0.4 is 10.6 Å². The quantitative estimate of drug-likeness (QED) is 0.450. The van der Waals surface area contributed by atoms with Gasteiger partial charge in [-0.25, -0.2) is 0 Å². The predicted octanol–water partition coefficient (Wildman–Crippen LogP) is 3.46. The molecule has 1 aromatic carbocycles. The summed E-state index contributed by atoms with van der Waals surface area (Å²) >= 11 is 3.53. The molecule has 0 bridgehead atoms. The summed E-state index contributed by atoms with van der Waals surface area (Å²) in [6, 6.07) is 8.70. The number of unbranched alkanes of at least 4 members (excludes halogenated alkanes) is 1. The Bertz CT molecular complexity index is 495. The number of aliphatic imine (C=N–C) groups is 1. The van der Waals surface area contributed by atoms with Crippen molar-refractivity contribution < 1.29 is 4.74 Å². The molecule has 0 radical (unpaired) electrons. The number of halogens is 1. The summed E-state index contributed by atoms with van der Waals surface area (Å²) in [5.74, 6) is 0.890. The third-order valence-corrected chi connectivity index (χ3v) is 5.08. The highest BCUT2D eigenvalue weighted by atomic mass is 79.9. The summed E-state index contributed by atoms with van der Waals surface area (Å²) in [4.78, 5) is 4.34. The zero-order chi connectivity index (χ0) is 16.5. The van der Waals surface area contributed by atoms with Crippen LogP contribution in [-0.2, 0) is 10.2 Å². The average molecular weight is 382 g/mol. The highest BCUT2D eigenvalue weighted by Crippen LogP contribution is 2.34. The summed E-state index contributed by atoms with van der Waals surface area (Å²) in [6.07, 6.45) is 4.41. The van der Waals surface area contributed by atoms with Crippen molar-refractivity contribution in [1.82, 2.24) is 10.6 Å². The van der Waals surface area contributed by atoms with E-state index in [9.17, 15) is 0 Å². The standard InChI is InChI=1S/C18H28BrN3O/c1-3-4-11-21-17(20-2)22-14-18(9-12-23-13-10-18)15-5-7-16(19)8-6-15/h5-8H,3-4,9-14H2,1-2H3,(H2,20,21,22). The molecule has 0 unspecified atom stereocenters. The molecule has 1 aliphatic rings. The minimum Gasteiger partial charge on any atom is -0.381 e. The molecule has 128 valence electrons. The first-order chi connectivity index (χ1) is 11.2. The lowest BCUT2D eigenvalue weighted by atomic mass is 9.74. The van der Waals surface area contributed by atoms with Gasteiger partial charge < -0.3 is 15.4 Å².